The van der Waals surface area contributed by atoms with Crippen LogP contribution in [0.1, 0.15) is 5.82 Å². The highest BCUT2D eigenvalue weighted by Crippen LogP contribution is 2.32. The third-order valence-electron chi connectivity index (χ3n) is 6.73. The summed E-state index contributed by atoms with van der Waals surface area (Å²) in [7, 11) is 0. The number of H-pyrrole nitrogens is 2. The maximum absolute atomic E-state index is 13.3. The van der Waals surface area contributed by atoms with Gasteiger partial charge in [0.1, 0.15) is 35.0 Å². The van der Waals surface area contributed by atoms with Gasteiger partial charge in [-0.15, -0.1) is 0 Å². The molecule has 1 saturated heterocycles. The largest absolute Gasteiger partial charge is 0.490 e. The van der Waals surface area contributed by atoms with Crippen molar-refractivity contribution in [3.05, 3.63) is 72.3 Å². The van der Waals surface area contributed by atoms with E-state index in [9.17, 15) is 17.6 Å². The average molecular weight is 525 g/mol. The van der Waals surface area contributed by atoms with Crippen molar-refractivity contribution in [2.75, 3.05) is 44.2 Å². The van der Waals surface area contributed by atoms with Crippen LogP contribution in [0.15, 0.2) is 60.7 Å². The Balaban J connectivity index is 1.08. The molecule has 3 aromatic carbocycles. The first kappa shape index (κ1) is 24.2. The number of anilines is 1. The van der Waals surface area contributed by atoms with E-state index in [0.717, 1.165) is 48.5 Å². The van der Waals surface area contributed by atoms with Crippen LogP contribution in [-0.4, -0.2) is 64.2 Å². The van der Waals surface area contributed by atoms with Crippen molar-refractivity contribution in [3.8, 4) is 17.1 Å². The number of aromatic amines is 2. The zero-order valence-electron chi connectivity index (χ0n) is 20.2. The van der Waals surface area contributed by atoms with Crippen molar-refractivity contribution in [1.82, 2.24) is 24.8 Å². The zero-order chi connectivity index (χ0) is 26.3. The van der Waals surface area contributed by atoms with E-state index in [4.69, 9.17) is 9.72 Å². The first-order valence-corrected chi connectivity index (χ1v) is 12.3. The molecule has 196 valence electrons. The van der Waals surface area contributed by atoms with E-state index in [2.05, 4.69) is 30.8 Å². The van der Waals surface area contributed by atoms with Crippen LogP contribution in [-0.2, 0) is 6.18 Å². The number of halogens is 4. The molecule has 7 nitrogen and oxygen atoms in total. The molecule has 2 N–H and O–H groups in total. The zero-order valence-corrected chi connectivity index (χ0v) is 20.2. The van der Waals surface area contributed by atoms with E-state index in [-0.39, 0.29) is 11.3 Å². The number of benzene rings is 3. The lowest BCUT2D eigenvalue weighted by Gasteiger charge is -2.36. The Bertz CT molecular complexity index is 1570. The number of rotatable bonds is 6. The van der Waals surface area contributed by atoms with Crippen LogP contribution in [0.25, 0.3) is 33.5 Å². The van der Waals surface area contributed by atoms with Crippen molar-refractivity contribution in [2.24, 2.45) is 0 Å². The molecule has 1 aliphatic heterocycles. The first-order chi connectivity index (χ1) is 18.3. The fourth-order valence-corrected chi connectivity index (χ4v) is 4.77. The molecule has 0 radical (unpaired) electrons. The van der Waals surface area contributed by atoms with Crippen LogP contribution in [0.4, 0.5) is 23.2 Å². The van der Waals surface area contributed by atoms with Crippen LogP contribution in [0, 0.1) is 5.82 Å². The van der Waals surface area contributed by atoms with Gasteiger partial charge in [-0.05, 0) is 48.5 Å². The van der Waals surface area contributed by atoms with Crippen molar-refractivity contribution in [2.45, 2.75) is 6.18 Å². The van der Waals surface area contributed by atoms with Gasteiger partial charge in [0.25, 0.3) is 0 Å². The number of hydrogen-bond donors (Lipinski definition) is 2. The normalized spacial score (nSPS) is 15.0. The summed E-state index contributed by atoms with van der Waals surface area (Å²) < 4.78 is 58.2. The van der Waals surface area contributed by atoms with Crippen molar-refractivity contribution < 1.29 is 22.3 Å². The molecule has 0 atom stereocenters. The summed E-state index contributed by atoms with van der Waals surface area (Å²) in [6, 6.07) is 17.1. The van der Waals surface area contributed by atoms with Gasteiger partial charge in [-0.25, -0.2) is 14.4 Å². The fourth-order valence-electron chi connectivity index (χ4n) is 4.77. The highest BCUT2D eigenvalue weighted by atomic mass is 19.4. The Labute approximate surface area is 215 Å². The van der Waals surface area contributed by atoms with Gasteiger partial charge in [-0.2, -0.15) is 13.2 Å². The summed E-state index contributed by atoms with van der Waals surface area (Å²) in [6.45, 7) is 4.18. The fraction of sp³-hybridized carbons (Fsp3) is 0.259. The molecule has 0 unspecified atom stereocenters. The second kappa shape index (κ2) is 9.64. The average Bonchev–Trinajstić information content (AvgIpc) is 3.55. The molecule has 2 aromatic heterocycles. The molecule has 38 heavy (non-hydrogen) atoms. The quantitative estimate of drug-likeness (QED) is 0.289. The number of alkyl halides is 3. The highest BCUT2D eigenvalue weighted by Gasteiger charge is 2.35. The molecule has 5 aromatic rings. The SMILES string of the molecule is Fc1ccc(-c2nc3c(N4CCN(CCOc5cccc6[nH]c(C(F)(F)F)nc56)CC4)cccc3[nH]2)cc1. The minimum Gasteiger partial charge on any atom is -0.490 e. The van der Waals surface area contributed by atoms with E-state index >= 15 is 0 Å². The Morgan fingerprint density at radius 1 is 0.816 bits per heavy atom. The molecule has 3 heterocycles. The van der Waals surface area contributed by atoms with Gasteiger partial charge in [-0.1, -0.05) is 12.1 Å². The van der Waals surface area contributed by atoms with Crippen molar-refractivity contribution >= 4 is 27.8 Å². The molecule has 0 aliphatic carbocycles. The maximum Gasteiger partial charge on any atom is 0.449 e. The Morgan fingerprint density at radius 2 is 1.53 bits per heavy atom. The van der Waals surface area contributed by atoms with Gasteiger partial charge in [0.2, 0.25) is 5.82 Å². The number of aromatic nitrogens is 4. The number of nitrogens with zero attached hydrogens (tertiary/aromatic N) is 4. The minimum absolute atomic E-state index is 0.178. The summed E-state index contributed by atoms with van der Waals surface area (Å²) in [5.74, 6) is -0.299. The summed E-state index contributed by atoms with van der Waals surface area (Å²) >= 11 is 0. The maximum atomic E-state index is 13.3. The van der Waals surface area contributed by atoms with E-state index in [1.54, 1.807) is 30.3 Å². The van der Waals surface area contributed by atoms with E-state index in [1.807, 2.05) is 12.1 Å². The second-order valence-corrected chi connectivity index (χ2v) is 9.18. The van der Waals surface area contributed by atoms with E-state index in [0.29, 0.717) is 30.2 Å². The van der Waals surface area contributed by atoms with Crippen LogP contribution >= 0.6 is 0 Å². The van der Waals surface area contributed by atoms with Gasteiger partial charge in [0, 0.05) is 38.3 Å². The Hall–Kier alpha value is -4.12. The predicted octanol–water partition coefficient (Wildman–Crippen LogP) is 5.47. The van der Waals surface area contributed by atoms with Gasteiger partial charge in [0.05, 0.1) is 16.7 Å². The number of imidazole rings is 2. The number of fused-ring (bicyclic) bond motifs is 2. The van der Waals surface area contributed by atoms with Gasteiger partial charge < -0.3 is 19.6 Å². The third-order valence-corrected chi connectivity index (χ3v) is 6.73. The second-order valence-electron chi connectivity index (χ2n) is 9.18. The molecular formula is C27H24F4N6O. The van der Waals surface area contributed by atoms with E-state index < -0.39 is 12.0 Å². The Morgan fingerprint density at radius 3 is 2.26 bits per heavy atom. The van der Waals surface area contributed by atoms with Gasteiger partial charge in [-0.3, -0.25) is 4.90 Å². The molecular weight excluding hydrogens is 500 g/mol. The lowest BCUT2D eigenvalue weighted by Crippen LogP contribution is -2.47. The van der Waals surface area contributed by atoms with Crippen molar-refractivity contribution in [1.29, 1.82) is 0 Å². The molecule has 6 rings (SSSR count). The number of para-hydroxylation sites is 2. The monoisotopic (exact) mass is 524 g/mol. The smallest absolute Gasteiger partial charge is 0.449 e. The van der Waals surface area contributed by atoms with Gasteiger partial charge >= 0.3 is 6.18 Å². The Kier molecular flexibility index (Phi) is 6.15. The molecule has 1 aliphatic rings. The van der Waals surface area contributed by atoms with Gasteiger partial charge in [0.15, 0.2) is 0 Å². The lowest BCUT2D eigenvalue weighted by atomic mass is 10.2. The molecule has 1 fully saturated rings. The van der Waals surface area contributed by atoms with Crippen LogP contribution in [0.2, 0.25) is 0 Å². The van der Waals surface area contributed by atoms with Crippen LogP contribution in [0.5, 0.6) is 5.75 Å². The summed E-state index contributed by atoms with van der Waals surface area (Å²) in [4.78, 5) is 18.7. The first-order valence-electron chi connectivity index (χ1n) is 12.3. The van der Waals surface area contributed by atoms with Crippen molar-refractivity contribution in [3.63, 3.8) is 0 Å². The topological polar surface area (TPSA) is 73.1 Å². The molecule has 0 amide bonds. The molecule has 11 heteroatoms. The minimum atomic E-state index is -4.54. The van der Waals surface area contributed by atoms with E-state index in [1.165, 1.54) is 12.1 Å². The summed E-state index contributed by atoms with van der Waals surface area (Å²) in [5, 5.41) is 0. The standard InChI is InChI=1S/C27H24F4N6O/c28-18-9-7-17(8-10-18)25-32-19-3-1-5-21(23(19)34-25)37-13-11-36(12-14-37)15-16-38-22-6-2-4-20-24(22)35-26(33-20)27(29,30)31/h1-10H,11-16H2,(H,32,34)(H,33,35). The molecule has 0 bridgehead atoms. The number of hydrogen-bond acceptors (Lipinski definition) is 5. The lowest BCUT2D eigenvalue weighted by molar-refractivity contribution is -0.144. The number of nitrogens with one attached hydrogen (secondary N) is 2. The van der Waals surface area contributed by atoms with Crippen LogP contribution < -0.4 is 9.64 Å². The summed E-state index contributed by atoms with van der Waals surface area (Å²) in [5.41, 5.74) is 4.11. The molecule has 0 saturated carbocycles. The highest BCUT2D eigenvalue weighted by molar-refractivity contribution is 5.91. The predicted molar refractivity (Wildman–Crippen MR) is 137 cm³/mol. The number of ether oxygens (including phenoxy) is 1. The number of piperazine rings is 1. The van der Waals surface area contributed by atoms with Crippen LogP contribution in [0.3, 0.4) is 0 Å². The summed E-state index contributed by atoms with van der Waals surface area (Å²) in [6.07, 6.45) is -4.54. The molecule has 0 spiro atoms. The third kappa shape index (κ3) is 4.76.